The second-order valence-corrected chi connectivity index (χ2v) is 12.3. The number of carbonyl (C=O) groups excluding carboxylic acids is 4. The van der Waals surface area contributed by atoms with Gasteiger partial charge in [-0.25, -0.2) is 0 Å². The lowest BCUT2D eigenvalue weighted by atomic mass is 9.36. The summed E-state index contributed by atoms with van der Waals surface area (Å²) in [6, 6.07) is -0.178. The van der Waals surface area contributed by atoms with Crippen LogP contribution in [0.2, 0.25) is 0 Å². The van der Waals surface area contributed by atoms with Gasteiger partial charge in [-0.1, -0.05) is 27.7 Å². The first-order valence-electron chi connectivity index (χ1n) is 13.0. The molecule has 0 spiro atoms. The van der Waals surface area contributed by atoms with Gasteiger partial charge in [0.2, 0.25) is 0 Å². The molecule has 0 radical (unpaired) electrons. The van der Waals surface area contributed by atoms with Crippen LogP contribution in [0.15, 0.2) is 0 Å². The zero-order chi connectivity index (χ0) is 25.9. The van der Waals surface area contributed by atoms with Gasteiger partial charge in [-0.15, -0.1) is 0 Å². The smallest absolute Gasteiger partial charge is 0.303 e. The van der Waals surface area contributed by atoms with Crippen LogP contribution in [0.25, 0.3) is 0 Å². The molecule has 0 aromatic rings. The number of hydrogen-bond acceptors (Lipinski definition) is 7. The Kier molecular flexibility index (Phi) is 6.50. The van der Waals surface area contributed by atoms with Gasteiger partial charge in [0, 0.05) is 45.6 Å². The highest BCUT2D eigenvalue weighted by Crippen LogP contribution is 2.71. The Labute approximate surface area is 208 Å². The monoisotopic (exact) mass is 491 g/mol. The van der Waals surface area contributed by atoms with Crippen molar-refractivity contribution in [2.24, 2.45) is 34.0 Å². The first kappa shape index (κ1) is 26.0. The lowest BCUT2D eigenvalue weighted by molar-refractivity contribution is -0.250. The maximum absolute atomic E-state index is 12.8. The number of nitrogens with one attached hydrogen (secondary N) is 1. The maximum atomic E-state index is 12.8. The molecule has 0 aromatic carbocycles. The molecule has 1 saturated heterocycles. The van der Waals surface area contributed by atoms with Crippen molar-refractivity contribution < 1.29 is 33.4 Å². The number of piperidine rings is 1. The minimum atomic E-state index is -0.819. The van der Waals surface area contributed by atoms with E-state index in [0.29, 0.717) is 18.8 Å². The molecule has 35 heavy (non-hydrogen) atoms. The Morgan fingerprint density at radius 2 is 1.46 bits per heavy atom. The molecule has 3 aliphatic carbocycles. The predicted octanol–water partition coefficient (Wildman–Crippen LogP) is 3.55. The summed E-state index contributed by atoms with van der Waals surface area (Å²) in [7, 11) is 0. The topological polar surface area (TPSA) is 108 Å². The SMILES string of the molecule is CC(=O)O[C@H]1C[C@@]2(C)[C@@H](C[C@@H](OC(C)=O)[C@H]3[C@@]4(C)CC[C@@H](OC(C)=O)[C@@H](C)C4CC[C@@]32C)NC1=O. The highest BCUT2D eigenvalue weighted by Gasteiger charge is 2.70. The first-order chi connectivity index (χ1) is 16.2. The Bertz CT molecular complexity index is 919. The van der Waals surface area contributed by atoms with Gasteiger partial charge in [0.15, 0.2) is 6.10 Å². The van der Waals surface area contributed by atoms with E-state index in [0.717, 1.165) is 25.7 Å². The Balaban J connectivity index is 1.75. The second kappa shape index (κ2) is 8.77. The number of carbonyl (C=O) groups is 4. The first-order valence-corrected chi connectivity index (χ1v) is 13.0. The predicted molar refractivity (Wildman–Crippen MR) is 127 cm³/mol. The number of fused-ring (bicyclic) bond motifs is 5. The van der Waals surface area contributed by atoms with E-state index in [1.165, 1.54) is 20.8 Å². The van der Waals surface area contributed by atoms with Crippen LogP contribution in [-0.2, 0) is 33.4 Å². The molecule has 4 aliphatic rings. The molecule has 8 nitrogen and oxygen atoms in total. The molecule has 4 fully saturated rings. The van der Waals surface area contributed by atoms with Gasteiger partial charge < -0.3 is 19.5 Å². The number of amides is 1. The van der Waals surface area contributed by atoms with Crippen LogP contribution in [-0.4, -0.2) is 48.2 Å². The summed E-state index contributed by atoms with van der Waals surface area (Å²) in [4.78, 5) is 48.6. The minimum absolute atomic E-state index is 0.0626. The molecule has 4 rings (SSSR count). The van der Waals surface area contributed by atoms with Crippen molar-refractivity contribution in [2.45, 2.75) is 111 Å². The third kappa shape index (κ3) is 4.05. The molecule has 8 heteroatoms. The number of ether oxygens (including phenoxy) is 3. The molecule has 10 atom stereocenters. The average Bonchev–Trinajstić information content (AvgIpc) is 2.71. The fourth-order valence-corrected chi connectivity index (χ4v) is 8.92. The normalized spacial score (nSPS) is 46.7. The van der Waals surface area contributed by atoms with E-state index in [1.807, 2.05) is 0 Å². The van der Waals surface area contributed by atoms with E-state index in [9.17, 15) is 19.2 Å². The van der Waals surface area contributed by atoms with Crippen LogP contribution in [0.3, 0.4) is 0 Å². The van der Waals surface area contributed by atoms with E-state index in [2.05, 4.69) is 33.0 Å². The second-order valence-electron chi connectivity index (χ2n) is 12.3. The van der Waals surface area contributed by atoms with E-state index in [-0.39, 0.29) is 64.2 Å². The van der Waals surface area contributed by atoms with E-state index in [1.54, 1.807) is 0 Å². The van der Waals surface area contributed by atoms with E-state index >= 15 is 0 Å². The van der Waals surface area contributed by atoms with Crippen molar-refractivity contribution in [2.75, 3.05) is 0 Å². The third-order valence-electron chi connectivity index (χ3n) is 10.5. The quantitative estimate of drug-likeness (QED) is 0.475. The Hall–Kier alpha value is -2.12. The van der Waals surface area contributed by atoms with Gasteiger partial charge >= 0.3 is 17.9 Å². The molecule has 1 aliphatic heterocycles. The van der Waals surface area contributed by atoms with Crippen LogP contribution in [0.4, 0.5) is 0 Å². The molecule has 1 N–H and O–H groups in total. The summed E-state index contributed by atoms with van der Waals surface area (Å²) in [5, 5.41) is 3.13. The van der Waals surface area contributed by atoms with Crippen LogP contribution in [0.5, 0.6) is 0 Å². The van der Waals surface area contributed by atoms with Gasteiger partial charge in [-0.3, -0.25) is 19.2 Å². The summed E-state index contributed by atoms with van der Waals surface area (Å²) in [6.45, 7) is 13.3. The molecule has 0 bridgehead atoms. The fraction of sp³-hybridized carbons (Fsp3) is 0.852. The minimum Gasteiger partial charge on any atom is -0.462 e. The van der Waals surface area contributed by atoms with Crippen molar-refractivity contribution >= 4 is 23.8 Å². The molecular weight excluding hydrogens is 450 g/mol. The summed E-state index contributed by atoms with van der Waals surface area (Å²) in [5.41, 5.74) is -0.733. The van der Waals surface area contributed by atoms with E-state index in [4.69, 9.17) is 14.2 Å². The van der Waals surface area contributed by atoms with Gasteiger partial charge in [0.25, 0.3) is 5.91 Å². The van der Waals surface area contributed by atoms with Crippen LogP contribution < -0.4 is 5.32 Å². The van der Waals surface area contributed by atoms with Crippen molar-refractivity contribution in [3.05, 3.63) is 0 Å². The molecule has 1 heterocycles. The van der Waals surface area contributed by atoms with Crippen LogP contribution >= 0.6 is 0 Å². The Morgan fingerprint density at radius 3 is 2.06 bits per heavy atom. The number of rotatable bonds is 3. The maximum Gasteiger partial charge on any atom is 0.303 e. The fourth-order valence-electron chi connectivity index (χ4n) is 8.92. The van der Waals surface area contributed by atoms with Crippen molar-refractivity contribution in [3.8, 4) is 0 Å². The van der Waals surface area contributed by atoms with E-state index < -0.39 is 12.1 Å². The van der Waals surface area contributed by atoms with Crippen LogP contribution in [0, 0.1) is 34.0 Å². The number of esters is 3. The standard InChI is InChI=1S/C27H41NO7/c1-14-18-8-11-26(6)23(25(18,5)10-9-19(14)33-15(2)29)20(34-16(3)30)12-22-27(26,7)13-21(24(32)28-22)35-17(4)31/h14,18-23H,8-13H2,1-7H3,(H,28,32)/t14-,18?,19+,20+,21-,22+,23-,25-,26-,27-/m0/s1. The largest absolute Gasteiger partial charge is 0.462 e. The van der Waals surface area contributed by atoms with Crippen molar-refractivity contribution in [1.29, 1.82) is 0 Å². The lowest BCUT2D eigenvalue weighted by Crippen LogP contribution is -2.73. The lowest BCUT2D eigenvalue weighted by Gasteiger charge is -2.70. The molecule has 1 unspecified atom stereocenters. The van der Waals surface area contributed by atoms with Gasteiger partial charge in [-0.2, -0.15) is 0 Å². The highest BCUT2D eigenvalue weighted by atomic mass is 16.6. The molecule has 1 amide bonds. The Morgan fingerprint density at radius 1 is 0.857 bits per heavy atom. The molecular formula is C27H41NO7. The summed E-state index contributed by atoms with van der Waals surface area (Å²) in [6.07, 6.45) is 3.25. The summed E-state index contributed by atoms with van der Waals surface area (Å²) in [5.74, 6) is -0.713. The zero-order valence-corrected chi connectivity index (χ0v) is 22.1. The third-order valence-corrected chi connectivity index (χ3v) is 10.5. The number of hydrogen-bond donors (Lipinski definition) is 1. The van der Waals surface area contributed by atoms with Crippen molar-refractivity contribution in [1.82, 2.24) is 5.32 Å². The van der Waals surface area contributed by atoms with Crippen molar-refractivity contribution in [3.63, 3.8) is 0 Å². The van der Waals surface area contributed by atoms with Crippen LogP contribution in [0.1, 0.15) is 87.0 Å². The zero-order valence-electron chi connectivity index (χ0n) is 22.1. The highest BCUT2D eigenvalue weighted by molar-refractivity contribution is 5.84. The molecule has 196 valence electrons. The van der Waals surface area contributed by atoms with Gasteiger partial charge in [0.05, 0.1) is 0 Å². The van der Waals surface area contributed by atoms with Gasteiger partial charge in [0.1, 0.15) is 12.2 Å². The molecule has 0 aromatic heterocycles. The van der Waals surface area contributed by atoms with Gasteiger partial charge in [-0.05, 0) is 53.8 Å². The summed E-state index contributed by atoms with van der Waals surface area (Å²) >= 11 is 0. The average molecular weight is 492 g/mol. The summed E-state index contributed by atoms with van der Waals surface area (Å²) < 4.78 is 17.2. The molecule has 3 saturated carbocycles.